The van der Waals surface area contributed by atoms with Gasteiger partial charge in [0.1, 0.15) is 0 Å². The van der Waals surface area contributed by atoms with E-state index < -0.39 is 30.7 Å². The van der Waals surface area contributed by atoms with Crippen LogP contribution >= 0.6 is 0 Å². The maximum absolute atomic E-state index is 13.0. The van der Waals surface area contributed by atoms with Crippen molar-refractivity contribution in [3.63, 3.8) is 0 Å². The minimum absolute atomic E-state index is 0.000673. The summed E-state index contributed by atoms with van der Waals surface area (Å²) in [4.78, 5) is 14.4. The lowest BCUT2D eigenvalue weighted by atomic mass is 9.85. The molecule has 22 heavy (non-hydrogen) atoms. The van der Waals surface area contributed by atoms with Crippen LogP contribution in [0.3, 0.4) is 0 Å². The summed E-state index contributed by atoms with van der Waals surface area (Å²) >= 11 is 0. The van der Waals surface area contributed by atoms with E-state index in [9.17, 15) is 31.1 Å². The van der Waals surface area contributed by atoms with Crippen molar-refractivity contribution < 1.29 is 31.1 Å². The minimum atomic E-state index is -5.34. The standard InChI is InChI=1S/C13H16F6N2O/c14-12(15,16)11(13(17,18)19)4-5-20(6-11)7-21-9-3-1-2-8(9)10(21)22/h8-9H,1-7H2/t8-,9+/m0/s1. The summed E-state index contributed by atoms with van der Waals surface area (Å²) < 4.78 is 77.9. The quantitative estimate of drug-likeness (QED) is 0.574. The molecule has 3 rings (SSSR count). The van der Waals surface area contributed by atoms with Crippen LogP contribution in [0.1, 0.15) is 25.7 Å². The zero-order chi connectivity index (χ0) is 16.3. The van der Waals surface area contributed by atoms with Crippen LogP contribution in [-0.2, 0) is 4.79 Å². The molecule has 3 fully saturated rings. The Balaban J connectivity index is 1.70. The lowest BCUT2D eigenvalue weighted by Gasteiger charge is -2.45. The summed E-state index contributed by atoms with van der Waals surface area (Å²) in [6.45, 7) is -1.56. The van der Waals surface area contributed by atoms with Crippen LogP contribution in [0.25, 0.3) is 0 Å². The normalized spacial score (nSPS) is 32.3. The van der Waals surface area contributed by atoms with Crippen LogP contribution in [0.5, 0.6) is 0 Å². The molecule has 2 aliphatic heterocycles. The molecule has 0 N–H and O–H groups in total. The van der Waals surface area contributed by atoms with Crippen molar-refractivity contribution in [1.82, 2.24) is 9.80 Å². The third-order valence-electron chi connectivity index (χ3n) is 5.27. The second-order valence-electron chi connectivity index (χ2n) is 6.43. The van der Waals surface area contributed by atoms with Gasteiger partial charge in [0, 0.05) is 19.1 Å². The largest absolute Gasteiger partial charge is 0.404 e. The smallest absolute Gasteiger partial charge is 0.326 e. The zero-order valence-corrected chi connectivity index (χ0v) is 11.7. The fourth-order valence-electron chi connectivity index (χ4n) is 3.92. The number of rotatable bonds is 2. The summed E-state index contributed by atoms with van der Waals surface area (Å²) in [7, 11) is 0. The van der Waals surface area contributed by atoms with Crippen molar-refractivity contribution in [2.75, 3.05) is 19.8 Å². The molecule has 1 amide bonds. The molecule has 0 spiro atoms. The lowest BCUT2D eigenvalue weighted by Crippen LogP contribution is -2.61. The van der Waals surface area contributed by atoms with E-state index in [2.05, 4.69) is 0 Å². The van der Waals surface area contributed by atoms with Crippen molar-refractivity contribution in [2.45, 2.75) is 44.1 Å². The molecule has 2 atom stereocenters. The average Bonchev–Trinajstić information content (AvgIpc) is 2.99. The summed E-state index contributed by atoms with van der Waals surface area (Å²) in [5.74, 6) is -0.211. The molecule has 1 aliphatic carbocycles. The minimum Gasteiger partial charge on any atom is -0.326 e. The van der Waals surface area contributed by atoms with E-state index in [4.69, 9.17) is 0 Å². The molecule has 1 saturated carbocycles. The molecule has 0 unspecified atom stereocenters. The van der Waals surface area contributed by atoms with Gasteiger partial charge in [-0.2, -0.15) is 26.3 Å². The number of carbonyl (C=O) groups is 1. The highest BCUT2D eigenvalue weighted by atomic mass is 19.4. The molecule has 0 aromatic heterocycles. The number of amides is 1. The fourth-order valence-corrected chi connectivity index (χ4v) is 3.92. The van der Waals surface area contributed by atoms with E-state index in [0.717, 1.165) is 24.2 Å². The molecule has 126 valence electrons. The van der Waals surface area contributed by atoms with Crippen LogP contribution in [0.15, 0.2) is 0 Å². The number of likely N-dealkylation sites (tertiary alicyclic amines) is 2. The Bertz CT molecular complexity index is 460. The molecular weight excluding hydrogens is 314 g/mol. The van der Waals surface area contributed by atoms with Crippen molar-refractivity contribution in [1.29, 1.82) is 0 Å². The lowest BCUT2D eigenvalue weighted by molar-refractivity contribution is -0.335. The highest BCUT2D eigenvalue weighted by Gasteiger charge is 2.72. The molecule has 0 bridgehead atoms. The first-order valence-electron chi connectivity index (χ1n) is 7.23. The number of alkyl halides is 6. The molecule has 2 saturated heterocycles. The van der Waals surface area contributed by atoms with Crippen LogP contribution in [0.2, 0.25) is 0 Å². The molecule has 9 heteroatoms. The van der Waals surface area contributed by atoms with Gasteiger partial charge in [0.2, 0.25) is 5.91 Å². The van der Waals surface area contributed by atoms with Crippen LogP contribution in [0.4, 0.5) is 26.3 Å². The van der Waals surface area contributed by atoms with E-state index >= 15 is 0 Å². The Hall–Kier alpha value is -0.990. The summed E-state index contributed by atoms with van der Waals surface area (Å²) in [5, 5.41) is 0. The van der Waals surface area contributed by atoms with Crippen LogP contribution in [0, 0.1) is 11.3 Å². The van der Waals surface area contributed by atoms with Gasteiger partial charge in [0.25, 0.3) is 0 Å². The van der Waals surface area contributed by atoms with Gasteiger partial charge in [-0.05, 0) is 19.3 Å². The molecule has 0 aromatic rings. The van der Waals surface area contributed by atoms with Crippen LogP contribution < -0.4 is 0 Å². The van der Waals surface area contributed by atoms with Crippen LogP contribution in [-0.4, -0.2) is 53.9 Å². The third-order valence-corrected chi connectivity index (χ3v) is 5.27. The van der Waals surface area contributed by atoms with E-state index in [0.29, 0.717) is 0 Å². The number of halogens is 6. The molecule has 2 heterocycles. The maximum atomic E-state index is 13.0. The van der Waals surface area contributed by atoms with Crippen molar-refractivity contribution in [3.8, 4) is 0 Å². The predicted molar refractivity (Wildman–Crippen MR) is 63.6 cm³/mol. The SMILES string of the molecule is O=C1[C@H]2CCC[C@H]2N1CN1CCC(C(F)(F)F)(C(F)(F)F)C1. The van der Waals surface area contributed by atoms with Gasteiger partial charge in [0.15, 0.2) is 5.41 Å². The Morgan fingerprint density at radius 1 is 1.09 bits per heavy atom. The van der Waals surface area contributed by atoms with Crippen molar-refractivity contribution in [2.24, 2.45) is 11.3 Å². The zero-order valence-electron chi connectivity index (χ0n) is 11.7. The van der Waals surface area contributed by atoms with E-state index in [-0.39, 0.29) is 31.1 Å². The van der Waals surface area contributed by atoms with E-state index in [1.165, 1.54) is 4.90 Å². The number of β-lactam (4-membered cyclic amide) rings is 1. The topological polar surface area (TPSA) is 23.6 Å². The van der Waals surface area contributed by atoms with E-state index in [1.807, 2.05) is 0 Å². The highest BCUT2D eigenvalue weighted by molar-refractivity contribution is 5.86. The molecule has 3 aliphatic rings. The van der Waals surface area contributed by atoms with Gasteiger partial charge in [0.05, 0.1) is 12.6 Å². The Morgan fingerprint density at radius 3 is 2.27 bits per heavy atom. The van der Waals surface area contributed by atoms with Gasteiger partial charge in [-0.3, -0.25) is 9.69 Å². The number of fused-ring (bicyclic) bond motifs is 1. The molecular formula is C13H16F6N2O. The average molecular weight is 330 g/mol. The predicted octanol–water partition coefficient (Wildman–Crippen LogP) is 2.77. The number of carbonyl (C=O) groups excluding carboxylic acids is 1. The number of nitrogens with zero attached hydrogens (tertiary/aromatic N) is 2. The van der Waals surface area contributed by atoms with Gasteiger partial charge < -0.3 is 4.90 Å². The Labute approximate surface area is 123 Å². The van der Waals surface area contributed by atoms with Gasteiger partial charge in [-0.1, -0.05) is 6.42 Å². The monoisotopic (exact) mass is 330 g/mol. The van der Waals surface area contributed by atoms with Crippen molar-refractivity contribution in [3.05, 3.63) is 0 Å². The van der Waals surface area contributed by atoms with Crippen molar-refractivity contribution >= 4 is 5.91 Å². The molecule has 3 nitrogen and oxygen atoms in total. The molecule has 0 radical (unpaired) electrons. The Morgan fingerprint density at radius 2 is 1.73 bits per heavy atom. The van der Waals surface area contributed by atoms with Gasteiger partial charge in [-0.15, -0.1) is 0 Å². The first-order chi connectivity index (χ1) is 10.1. The summed E-state index contributed by atoms with van der Waals surface area (Å²) in [6, 6.07) is -0.000673. The molecule has 0 aromatic carbocycles. The highest BCUT2D eigenvalue weighted by Crippen LogP contribution is 2.55. The first-order valence-corrected chi connectivity index (χ1v) is 7.23. The van der Waals surface area contributed by atoms with Gasteiger partial charge in [-0.25, -0.2) is 0 Å². The second kappa shape index (κ2) is 4.75. The maximum Gasteiger partial charge on any atom is 0.404 e. The Kier molecular flexibility index (Phi) is 3.43. The summed E-state index contributed by atoms with van der Waals surface area (Å²) in [5.41, 5.74) is -3.68. The van der Waals surface area contributed by atoms with Gasteiger partial charge >= 0.3 is 12.4 Å². The van der Waals surface area contributed by atoms with E-state index in [1.54, 1.807) is 0 Å². The second-order valence-corrected chi connectivity index (χ2v) is 6.43. The third kappa shape index (κ3) is 2.11. The number of hydrogen-bond acceptors (Lipinski definition) is 2. The summed E-state index contributed by atoms with van der Waals surface area (Å²) in [6.07, 6.45) is -9.24. The first kappa shape index (κ1) is 15.9. The fraction of sp³-hybridized carbons (Fsp3) is 0.923. The number of hydrogen-bond donors (Lipinski definition) is 0.